The summed E-state index contributed by atoms with van der Waals surface area (Å²) in [5.41, 5.74) is 39.6. The highest BCUT2D eigenvalue weighted by Crippen LogP contribution is 2.34. The van der Waals surface area contributed by atoms with Gasteiger partial charge in [0, 0.05) is 58.6 Å². The maximum Gasteiger partial charge on any atom is 0.238 e. The summed E-state index contributed by atoms with van der Waals surface area (Å²) in [5.74, 6) is -0.645. The number of benzene rings is 5. The molecule has 2 aliphatic rings. The number of amides is 5. The number of nitrogens with two attached hydrogens (primary N) is 5. The predicted octanol–water partition coefficient (Wildman–Crippen LogP) is 11.5. The number of anilines is 11. The van der Waals surface area contributed by atoms with Crippen LogP contribution in [0.1, 0.15) is 146 Å². The lowest BCUT2D eigenvalue weighted by atomic mass is 9.85. The summed E-state index contributed by atoms with van der Waals surface area (Å²) in [6, 6.07) is 26.9. The Balaban J connectivity index is 0.000000314. The number of hydrogen-bond donors (Lipinski definition) is 10. The molecule has 22 heteroatoms. The maximum absolute atomic E-state index is 13.3. The Hall–Kier alpha value is -8.02. The number of carbonyl (C=O) groups is 5. The summed E-state index contributed by atoms with van der Waals surface area (Å²) < 4.78 is 13.3. The van der Waals surface area contributed by atoms with Crippen molar-refractivity contribution in [1.82, 2.24) is 24.5 Å². The minimum absolute atomic E-state index is 0.00222. The molecule has 0 radical (unpaired) electrons. The van der Waals surface area contributed by atoms with Crippen molar-refractivity contribution in [1.29, 1.82) is 0 Å². The summed E-state index contributed by atoms with van der Waals surface area (Å²) in [7, 11) is 0. The monoisotopic (exact) mass is 1330 g/mol. The van der Waals surface area contributed by atoms with E-state index in [4.69, 9.17) is 28.7 Å². The molecule has 532 valence electrons. The number of nitrogens with zero attached hydrogens (tertiary/aromatic N) is 6. The zero-order valence-corrected chi connectivity index (χ0v) is 60.7. The molecule has 0 aromatic heterocycles. The summed E-state index contributed by atoms with van der Waals surface area (Å²) in [4.78, 5) is 72.8. The van der Waals surface area contributed by atoms with Gasteiger partial charge in [-0.3, -0.25) is 48.5 Å². The molecule has 2 aliphatic heterocycles. The van der Waals surface area contributed by atoms with Crippen LogP contribution in [0.2, 0.25) is 0 Å². The minimum Gasteiger partial charge on any atom is -0.399 e. The lowest BCUT2D eigenvalue weighted by molar-refractivity contribution is -0.118. The van der Waals surface area contributed by atoms with Crippen LogP contribution in [0.15, 0.2) is 91.0 Å². The summed E-state index contributed by atoms with van der Waals surface area (Å²) in [6.45, 7) is 43.9. The first-order chi connectivity index (χ1) is 45.4. The van der Waals surface area contributed by atoms with E-state index >= 15 is 0 Å². The normalized spacial score (nSPS) is 13.1. The van der Waals surface area contributed by atoms with E-state index in [1.807, 2.05) is 106 Å². The van der Waals surface area contributed by atoms with Gasteiger partial charge in [0.1, 0.15) is 5.82 Å². The van der Waals surface area contributed by atoms with Crippen molar-refractivity contribution in [2.24, 2.45) is 0 Å². The van der Waals surface area contributed by atoms with Crippen molar-refractivity contribution in [3.63, 3.8) is 0 Å². The molecule has 2 heterocycles. The average molecular weight is 1330 g/mol. The van der Waals surface area contributed by atoms with Crippen molar-refractivity contribution in [3.8, 4) is 0 Å². The highest BCUT2D eigenvalue weighted by atomic mass is 19.1. The number of hydrogen-bond acceptors (Lipinski definition) is 16. The fourth-order valence-corrected chi connectivity index (χ4v) is 10.8. The molecule has 7 rings (SSSR count). The second kappa shape index (κ2) is 41.8. The van der Waals surface area contributed by atoms with Crippen LogP contribution in [0.3, 0.4) is 0 Å². The van der Waals surface area contributed by atoms with E-state index in [0.717, 1.165) is 124 Å². The van der Waals surface area contributed by atoms with Gasteiger partial charge in [0.25, 0.3) is 0 Å². The molecule has 5 aromatic rings. The molecule has 0 aliphatic carbocycles. The van der Waals surface area contributed by atoms with Crippen LogP contribution in [-0.2, 0) is 34.8 Å². The van der Waals surface area contributed by atoms with Gasteiger partial charge in [-0.15, -0.1) is 0 Å². The van der Waals surface area contributed by atoms with Crippen molar-refractivity contribution < 1.29 is 28.4 Å². The van der Waals surface area contributed by atoms with Crippen LogP contribution < -0.4 is 60.2 Å². The molecule has 2 saturated heterocycles. The molecular weight excluding hydrogens is 1210 g/mol. The Bertz CT molecular complexity index is 3040. The molecule has 0 saturated carbocycles. The first kappa shape index (κ1) is 82.2. The van der Waals surface area contributed by atoms with Crippen LogP contribution in [-0.4, -0.2) is 165 Å². The smallest absolute Gasteiger partial charge is 0.238 e. The van der Waals surface area contributed by atoms with Gasteiger partial charge in [-0.05, 0) is 205 Å². The van der Waals surface area contributed by atoms with E-state index in [-0.39, 0.29) is 52.6 Å². The molecule has 2 fully saturated rings. The third-order valence-electron chi connectivity index (χ3n) is 16.7. The zero-order valence-electron chi connectivity index (χ0n) is 60.7. The number of halogens is 1. The summed E-state index contributed by atoms with van der Waals surface area (Å²) in [6.07, 6.45) is 6.08. The number of likely N-dealkylation sites (N-methyl/N-ethyl adjacent to an activating group) is 4. The van der Waals surface area contributed by atoms with Crippen LogP contribution in [0.5, 0.6) is 0 Å². The highest BCUT2D eigenvalue weighted by Gasteiger charge is 2.23. The van der Waals surface area contributed by atoms with Gasteiger partial charge < -0.3 is 60.2 Å². The first-order valence-corrected chi connectivity index (χ1v) is 34.4. The van der Waals surface area contributed by atoms with Gasteiger partial charge >= 0.3 is 0 Å². The lowest BCUT2D eigenvalue weighted by Gasteiger charge is -2.31. The fraction of sp³-hybridized carbons (Fsp3) is 0.527. The van der Waals surface area contributed by atoms with Gasteiger partial charge in [-0.1, -0.05) is 115 Å². The van der Waals surface area contributed by atoms with Crippen LogP contribution in [0.4, 0.5) is 67.0 Å². The second-order valence-corrected chi connectivity index (χ2v) is 26.3. The number of rotatable bonds is 24. The molecule has 5 aromatic carbocycles. The molecule has 15 N–H and O–H groups in total. The zero-order chi connectivity index (χ0) is 71.7. The number of likely N-dealkylation sites (tertiary alicyclic amines) is 1. The fourth-order valence-electron chi connectivity index (χ4n) is 10.8. The molecule has 96 heavy (non-hydrogen) atoms. The van der Waals surface area contributed by atoms with Gasteiger partial charge in [0.05, 0.1) is 49.8 Å². The topological polar surface area (TPSA) is 295 Å². The van der Waals surface area contributed by atoms with Crippen LogP contribution in [0, 0.1) is 12.7 Å². The van der Waals surface area contributed by atoms with E-state index in [1.165, 1.54) is 50.3 Å². The van der Waals surface area contributed by atoms with Gasteiger partial charge in [-0.25, -0.2) is 4.39 Å². The Kier molecular flexibility index (Phi) is 35.8. The van der Waals surface area contributed by atoms with E-state index in [2.05, 4.69) is 120 Å². The molecule has 0 unspecified atom stereocenters. The number of aryl methyl sites for hydroxylation is 1. The average Bonchev–Trinajstić information content (AvgIpc) is 1.01. The number of carbonyl (C=O) groups excluding carboxylic acids is 5. The highest BCUT2D eigenvalue weighted by molar-refractivity contribution is 5.97. The van der Waals surface area contributed by atoms with Gasteiger partial charge in [0.15, 0.2) is 0 Å². The minimum atomic E-state index is -0.480. The molecule has 0 bridgehead atoms. The maximum atomic E-state index is 13.3. The standard InChI is InChI=1S/C17H28N4O.C16H25N3O.C16H27N3O.C13H21N3O.C12H18FN3O/c1-3-20(4-2)13-17(22)19-15-12-14(18)8-9-16(15)21-10-6-5-7-11-21;1-16(2,3)13-7-6-12(17)10-14(13)18-15(20)11-19-8-4-5-9-19;1-6-19(7-2)11-15(20)18-14-10-12(17)8-9-13(14)16(3,4)5;1-4-16(5-2)9-13(17)15-12-8-11(14)7-6-10(12)3;1-3-16(4-2)8-12(17)15-11-7-9(14)5-6-10(11)13/h8-9,12H,3-7,10-11,13,18H2,1-2H3,(H,19,22);6-7,10H,4-5,8-9,11,17H2,1-3H3,(H,18,20);8-10H,6-7,11,17H2,1-5H3,(H,18,20);6-8H,4-5,9,14H2,1-3H3,(H,15,17);5-7H,3-4,8,14H2,1-2H3,(H,15,17). The number of nitrogens with one attached hydrogen (secondary N) is 5. The third kappa shape index (κ3) is 30.0. The van der Waals surface area contributed by atoms with Crippen molar-refractivity contribution >= 4 is 92.1 Å². The van der Waals surface area contributed by atoms with Crippen LogP contribution >= 0.6 is 0 Å². The number of piperidine rings is 1. The third-order valence-corrected chi connectivity index (χ3v) is 16.7. The molecule has 0 spiro atoms. The van der Waals surface area contributed by atoms with Crippen molar-refractivity contribution in [2.45, 2.75) is 147 Å². The van der Waals surface area contributed by atoms with Gasteiger partial charge in [-0.2, -0.15) is 0 Å². The van der Waals surface area contributed by atoms with E-state index in [1.54, 1.807) is 6.07 Å². The second-order valence-electron chi connectivity index (χ2n) is 26.3. The molecule has 0 atom stereocenters. The Morgan fingerprint density at radius 3 is 1.09 bits per heavy atom. The van der Waals surface area contributed by atoms with E-state index < -0.39 is 5.82 Å². The summed E-state index contributed by atoms with van der Waals surface area (Å²) >= 11 is 0. The van der Waals surface area contributed by atoms with Crippen molar-refractivity contribution in [3.05, 3.63) is 114 Å². The lowest BCUT2D eigenvalue weighted by Crippen LogP contribution is -2.34. The predicted molar refractivity (Wildman–Crippen MR) is 402 cm³/mol. The Labute approximate surface area is 574 Å². The first-order valence-electron chi connectivity index (χ1n) is 34.4. The summed E-state index contributed by atoms with van der Waals surface area (Å²) in [5, 5.41) is 14.5. The van der Waals surface area contributed by atoms with E-state index in [9.17, 15) is 28.4 Å². The van der Waals surface area contributed by atoms with Crippen molar-refractivity contribution in [2.75, 3.05) is 171 Å². The number of nitrogen functional groups attached to an aromatic ring is 5. The van der Waals surface area contributed by atoms with Gasteiger partial charge in [0.2, 0.25) is 29.5 Å². The molecule has 21 nitrogen and oxygen atoms in total. The molecule has 5 amide bonds. The van der Waals surface area contributed by atoms with Crippen LogP contribution in [0.25, 0.3) is 0 Å². The molecular formula is C74H119FN16O5. The Morgan fingerprint density at radius 2 is 0.698 bits per heavy atom. The van der Waals surface area contributed by atoms with E-state index in [0.29, 0.717) is 54.6 Å². The Morgan fingerprint density at radius 1 is 0.396 bits per heavy atom. The SMILES string of the molecule is CC(C)(C)c1ccc(N)cc1NC(=O)CN1CCCC1.CCN(CC)CC(=O)Nc1cc(N)ccc1C.CCN(CC)CC(=O)Nc1cc(N)ccc1C(C)(C)C.CCN(CC)CC(=O)Nc1cc(N)ccc1F.CCN(CC)CC(=O)Nc1cc(N)ccc1N1CCCCC1. The largest absolute Gasteiger partial charge is 0.399 e. The quantitative estimate of drug-likeness (QED) is 0.0257.